The lowest BCUT2D eigenvalue weighted by Crippen LogP contribution is -2.11. The summed E-state index contributed by atoms with van der Waals surface area (Å²) in [7, 11) is 0. The molecule has 1 fully saturated rings. The lowest BCUT2D eigenvalue weighted by molar-refractivity contribution is 0.255. The van der Waals surface area contributed by atoms with Gasteiger partial charge in [0.05, 0.1) is 9.30 Å². The van der Waals surface area contributed by atoms with Crippen LogP contribution in [-0.2, 0) is 5.41 Å². The van der Waals surface area contributed by atoms with E-state index in [1.165, 1.54) is 0 Å². The molecule has 2 rings (SSSR count). The van der Waals surface area contributed by atoms with Crippen molar-refractivity contribution in [1.82, 2.24) is 0 Å². The molecule has 0 unspecified atom stereocenters. The monoisotopic (exact) mass is 228 g/mol. The number of aliphatic hydroxyl groups is 1. The summed E-state index contributed by atoms with van der Waals surface area (Å²) < 4.78 is 15.7. The van der Waals surface area contributed by atoms with E-state index in [-0.39, 0.29) is 0 Å². The van der Waals surface area contributed by atoms with E-state index in [0.717, 1.165) is 10.0 Å². The molecular formula is C10H11BrO. The van der Waals surface area contributed by atoms with Crippen LogP contribution in [0.15, 0.2) is 28.7 Å². The van der Waals surface area contributed by atoms with E-state index in [2.05, 4.69) is 15.9 Å². The molecule has 1 aromatic rings. The van der Waals surface area contributed by atoms with Crippen LogP contribution < -0.4 is 0 Å². The second kappa shape index (κ2) is 2.86. The third kappa shape index (κ3) is 1.29. The maximum Gasteiger partial charge on any atom is 0.0573 e. The molecule has 2 heteroatoms. The molecule has 0 radical (unpaired) electrons. The van der Waals surface area contributed by atoms with Gasteiger partial charge in [0, 0.05) is 9.89 Å². The highest BCUT2D eigenvalue weighted by Gasteiger charge is 2.43. The summed E-state index contributed by atoms with van der Waals surface area (Å²) in [5.41, 5.74) is 0.205. The van der Waals surface area contributed by atoms with E-state index >= 15 is 0 Å². The molecule has 1 nitrogen and oxygen atoms in total. The summed E-state index contributed by atoms with van der Waals surface area (Å²) >= 11 is 3.35. The number of halogens is 1. The van der Waals surface area contributed by atoms with Crippen molar-refractivity contribution in [3.63, 3.8) is 0 Å². The van der Waals surface area contributed by atoms with Gasteiger partial charge in [-0.1, -0.05) is 28.1 Å². The SMILES string of the molecule is [2H]C([2H])(O)C1(c2cccc(Br)c2)CC1. The summed E-state index contributed by atoms with van der Waals surface area (Å²) in [6.07, 6.45) is 1.43. The summed E-state index contributed by atoms with van der Waals surface area (Å²) in [6.45, 7) is -2.12. The van der Waals surface area contributed by atoms with Crippen molar-refractivity contribution < 1.29 is 7.85 Å². The number of rotatable bonds is 2. The fourth-order valence-electron chi connectivity index (χ4n) is 1.38. The average molecular weight is 229 g/mol. The van der Waals surface area contributed by atoms with E-state index in [1.54, 1.807) is 0 Å². The summed E-state index contributed by atoms with van der Waals surface area (Å²) in [6, 6.07) is 7.50. The van der Waals surface area contributed by atoms with Crippen molar-refractivity contribution in [2.75, 3.05) is 6.56 Å². The van der Waals surface area contributed by atoms with Gasteiger partial charge >= 0.3 is 0 Å². The smallest absolute Gasteiger partial charge is 0.0573 e. The zero-order chi connectivity index (χ0) is 10.4. The van der Waals surface area contributed by atoms with Gasteiger partial charge in [-0.15, -0.1) is 0 Å². The van der Waals surface area contributed by atoms with Crippen molar-refractivity contribution in [1.29, 1.82) is 0 Å². The standard InChI is InChI=1S/C10H11BrO/c11-9-3-1-2-8(6-9)10(7-12)4-5-10/h1-3,6,12H,4-5,7H2/i7D2. The molecule has 1 N–H and O–H groups in total. The van der Waals surface area contributed by atoms with E-state index in [4.69, 9.17) is 2.74 Å². The molecule has 1 aromatic carbocycles. The van der Waals surface area contributed by atoms with Crippen LogP contribution in [0.25, 0.3) is 0 Å². The first-order valence-corrected chi connectivity index (χ1v) is 4.73. The van der Waals surface area contributed by atoms with Crippen molar-refractivity contribution in [3.05, 3.63) is 34.3 Å². The summed E-state index contributed by atoms with van der Waals surface area (Å²) in [5, 5.41) is 9.47. The van der Waals surface area contributed by atoms with Crippen molar-refractivity contribution in [2.24, 2.45) is 0 Å². The second-order valence-electron chi connectivity index (χ2n) is 3.20. The maximum absolute atomic E-state index is 9.47. The molecule has 0 atom stereocenters. The van der Waals surface area contributed by atoms with Crippen LogP contribution in [-0.4, -0.2) is 11.7 Å². The fraction of sp³-hybridized carbons (Fsp3) is 0.400. The molecule has 0 saturated heterocycles. The minimum absolute atomic E-state index is 0.670. The average Bonchev–Trinajstić information content (AvgIpc) is 2.82. The lowest BCUT2D eigenvalue weighted by Gasteiger charge is -2.11. The zero-order valence-corrected chi connectivity index (χ0v) is 8.13. The van der Waals surface area contributed by atoms with Crippen molar-refractivity contribution >= 4 is 15.9 Å². The fourth-order valence-corrected chi connectivity index (χ4v) is 1.78. The Hall–Kier alpha value is -0.340. The Bertz CT molecular complexity index is 355. The van der Waals surface area contributed by atoms with E-state index in [0.29, 0.717) is 12.8 Å². The van der Waals surface area contributed by atoms with Gasteiger partial charge in [0.15, 0.2) is 0 Å². The van der Waals surface area contributed by atoms with Crippen molar-refractivity contribution in [3.8, 4) is 0 Å². The molecule has 0 aliphatic heterocycles. The van der Waals surface area contributed by atoms with Gasteiger partial charge in [0.1, 0.15) is 0 Å². The first-order chi connectivity index (χ1) is 6.46. The number of hydrogen-bond acceptors (Lipinski definition) is 1. The molecule has 0 heterocycles. The third-order valence-electron chi connectivity index (χ3n) is 2.34. The summed E-state index contributed by atoms with van der Waals surface area (Å²) in [5.74, 6) is 0. The molecule has 0 bridgehead atoms. The van der Waals surface area contributed by atoms with Crippen LogP contribution in [0.2, 0.25) is 0 Å². The highest BCUT2D eigenvalue weighted by molar-refractivity contribution is 9.10. The molecule has 64 valence electrons. The van der Waals surface area contributed by atoms with Crippen LogP contribution in [0, 0.1) is 0 Å². The van der Waals surface area contributed by atoms with Gasteiger partial charge in [0.2, 0.25) is 0 Å². The predicted molar refractivity (Wildman–Crippen MR) is 52.1 cm³/mol. The van der Waals surface area contributed by atoms with E-state index in [1.807, 2.05) is 24.3 Å². The Labute approximate surface area is 83.4 Å². The first-order valence-electron chi connectivity index (χ1n) is 4.94. The topological polar surface area (TPSA) is 20.2 Å². The predicted octanol–water partition coefficient (Wildman–Crippen LogP) is 2.47. The highest BCUT2D eigenvalue weighted by Crippen LogP contribution is 2.47. The second-order valence-corrected chi connectivity index (χ2v) is 4.12. The Kier molecular flexibility index (Phi) is 1.47. The normalized spacial score (nSPS) is 22.8. The van der Waals surface area contributed by atoms with Crippen LogP contribution in [0.4, 0.5) is 0 Å². The van der Waals surface area contributed by atoms with Gasteiger partial charge in [-0.2, -0.15) is 0 Å². The first kappa shape index (κ1) is 6.17. The minimum atomic E-state index is -2.12. The number of hydrogen-bond donors (Lipinski definition) is 1. The Morgan fingerprint density at radius 2 is 2.33 bits per heavy atom. The van der Waals surface area contributed by atoms with Gasteiger partial charge in [-0.25, -0.2) is 0 Å². The van der Waals surface area contributed by atoms with E-state index in [9.17, 15) is 5.11 Å². The molecule has 0 spiro atoms. The van der Waals surface area contributed by atoms with Crippen LogP contribution in [0.1, 0.15) is 21.1 Å². The molecule has 1 saturated carbocycles. The van der Waals surface area contributed by atoms with Gasteiger partial charge < -0.3 is 5.11 Å². The quantitative estimate of drug-likeness (QED) is 0.825. The Morgan fingerprint density at radius 3 is 2.83 bits per heavy atom. The third-order valence-corrected chi connectivity index (χ3v) is 2.83. The minimum Gasteiger partial charge on any atom is -0.395 e. The molecule has 0 amide bonds. The largest absolute Gasteiger partial charge is 0.395 e. The highest BCUT2D eigenvalue weighted by atomic mass is 79.9. The molecule has 12 heavy (non-hydrogen) atoms. The van der Waals surface area contributed by atoms with Gasteiger partial charge in [-0.3, -0.25) is 0 Å². The molecular weight excluding hydrogens is 216 g/mol. The van der Waals surface area contributed by atoms with Crippen LogP contribution in [0.5, 0.6) is 0 Å². The lowest BCUT2D eigenvalue weighted by atomic mass is 9.97. The molecule has 1 aliphatic rings. The van der Waals surface area contributed by atoms with Crippen molar-refractivity contribution in [2.45, 2.75) is 18.3 Å². The molecule has 0 aromatic heterocycles. The van der Waals surface area contributed by atoms with E-state index < -0.39 is 12.0 Å². The number of benzene rings is 1. The van der Waals surface area contributed by atoms with Gasteiger partial charge in [-0.05, 0) is 30.5 Å². The Morgan fingerprint density at radius 1 is 1.58 bits per heavy atom. The van der Waals surface area contributed by atoms with Gasteiger partial charge in [0.25, 0.3) is 0 Å². The van der Waals surface area contributed by atoms with Crippen LogP contribution in [0.3, 0.4) is 0 Å². The van der Waals surface area contributed by atoms with Crippen LogP contribution >= 0.6 is 15.9 Å². The summed E-state index contributed by atoms with van der Waals surface area (Å²) in [4.78, 5) is 0. The molecule has 1 aliphatic carbocycles. The Balaban J connectivity index is 2.41. The maximum atomic E-state index is 9.47. The zero-order valence-electron chi connectivity index (χ0n) is 8.55.